The lowest BCUT2D eigenvalue weighted by Gasteiger charge is -2.34. The first-order chi connectivity index (χ1) is 18.3. The second-order valence-electron chi connectivity index (χ2n) is 9.45. The van der Waals surface area contributed by atoms with E-state index in [0.29, 0.717) is 61.0 Å². The molecule has 1 fully saturated rings. The molecule has 200 valence electrons. The van der Waals surface area contributed by atoms with Gasteiger partial charge in [-0.05, 0) is 55.3 Å². The smallest absolute Gasteiger partial charge is 0.255 e. The number of rotatable bonds is 9. The van der Waals surface area contributed by atoms with Crippen LogP contribution in [0.3, 0.4) is 0 Å². The first kappa shape index (κ1) is 27.5. The van der Waals surface area contributed by atoms with E-state index in [1.807, 2.05) is 38.1 Å². The van der Waals surface area contributed by atoms with Crippen molar-refractivity contribution in [2.75, 3.05) is 38.0 Å². The highest BCUT2D eigenvalue weighted by molar-refractivity contribution is 7.89. The average molecular weight is 535 g/mol. The summed E-state index contributed by atoms with van der Waals surface area (Å²) >= 11 is 0. The Morgan fingerprint density at radius 3 is 2.16 bits per heavy atom. The summed E-state index contributed by atoms with van der Waals surface area (Å²) in [4.78, 5) is 27.8. The van der Waals surface area contributed by atoms with Gasteiger partial charge in [-0.25, -0.2) is 8.42 Å². The third kappa shape index (κ3) is 6.66. The van der Waals surface area contributed by atoms with Crippen LogP contribution in [0.2, 0.25) is 0 Å². The number of carbonyl (C=O) groups is 2. The maximum absolute atomic E-state index is 12.9. The normalized spacial score (nSPS) is 14.7. The number of sulfonamides is 1. The molecule has 0 aromatic heterocycles. The molecule has 9 heteroatoms. The number of hydrogen-bond acceptors (Lipinski definition) is 5. The molecule has 0 unspecified atom stereocenters. The van der Waals surface area contributed by atoms with E-state index < -0.39 is 10.0 Å². The van der Waals surface area contributed by atoms with E-state index in [2.05, 4.69) is 15.5 Å². The largest absolute Gasteiger partial charge is 0.352 e. The second kappa shape index (κ2) is 12.3. The molecule has 1 heterocycles. The Bertz CT molecular complexity index is 1360. The zero-order valence-corrected chi connectivity index (χ0v) is 22.6. The van der Waals surface area contributed by atoms with Crippen molar-refractivity contribution in [3.05, 3.63) is 95.1 Å². The fourth-order valence-electron chi connectivity index (χ4n) is 4.33. The van der Waals surface area contributed by atoms with E-state index in [1.54, 1.807) is 52.8 Å². The summed E-state index contributed by atoms with van der Waals surface area (Å²) in [5.74, 6) is -0.507. The van der Waals surface area contributed by atoms with Gasteiger partial charge in [0.25, 0.3) is 11.8 Å². The highest BCUT2D eigenvalue weighted by Crippen LogP contribution is 2.20. The van der Waals surface area contributed by atoms with Crippen LogP contribution in [0.25, 0.3) is 0 Å². The molecule has 0 radical (unpaired) electrons. The molecule has 3 aromatic carbocycles. The van der Waals surface area contributed by atoms with E-state index in [9.17, 15) is 18.0 Å². The van der Waals surface area contributed by atoms with Crippen LogP contribution in [0, 0.1) is 6.92 Å². The van der Waals surface area contributed by atoms with Gasteiger partial charge in [-0.3, -0.25) is 14.5 Å². The first-order valence-electron chi connectivity index (χ1n) is 12.8. The van der Waals surface area contributed by atoms with E-state index in [1.165, 1.54) is 0 Å². The predicted octanol–water partition coefficient (Wildman–Crippen LogP) is 3.89. The molecule has 8 nitrogen and oxygen atoms in total. The average Bonchev–Trinajstić information content (AvgIpc) is 2.93. The number of hydrogen-bond donors (Lipinski definition) is 2. The van der Waals surface area contributed by atoms with Gasteiger partial charge in [-0.1, -0.05) is 48.9 Å². The van der Waals surface area contributed by atoms with Gasteiger partial charge < -0.3 is 10.6 Å². The molecule has 4 rings (SSSR count). The first-order valence-corrected chi connectivity index (χ1v) is 14.3. The van der Waals surface area contributed by atoms with Gasteiger partial charge >= 0.3 is 0 Å². The number of para-hydroxylation sites is 1. The third-order valence-electron chi connectivity index (χ3n) is 6.57. The van der Waals surface area contributed by atoms with Gasteiger partial charge in [0.2, 0.25) is 10.0 Å². The fraction of sp³-hybridized carbons (Fsp3) is 0.310. The summed E-state index contributed by atoms with van der Waals surface area (Å²) in [6.07, 6.45) is 0.828. The maximum atomic E-state index is 12.9. The van der Waals surface area contributed by atoms with Crippen LogP contribution < -0.4 is 10.6 Å². The van der Waals surface area contributed by atoms with Gasteiger partial charge in [0.05, 0.1) is 16.1 Å². The van der Waals surface area contributed by atoms with E-state index in [-0.39, 0.29) is 11.8 Å². The zero-order chi connectivity index (χ0) is 27.1. The molecule has 0 aliphatic carbocycles. The van der Waals surface area contributed by atoms with Crippen molar-refractivity contribution >= 4 is 27.5 Å². The quantitative estimate of drug-likeness (QED) is 0.434. The van der Waals surface area contributed by atoms with E-state index in [4.69, 9.17) is 0 Å². The van der Waals surface area contributed by atoms with Gasteiger partial charge in [-0.2, -0.15) is 4.31 Å². The van der Waals surface area contributed by atoms with E-state index in [0.717, 1.165) is 17.5 Å². The SMILES string of the molecule is CCCNC(=O)c1ccccc1NC(=O)c1ccc(CN2CCN(S(=O)(=O)c3ccc(C)cc3)CC2)cc1. The topological polar surface area (TPSA) is 98.8 Å². The molecule has 38 heavy (non-hydrogen) atoms. The Labute approximate surface area is 224 Å². The lowest BCUT2D eigenvalue weighted by molar-refractivity contribution is 0.0954. The minimum absolute atomic E-state index is 0.218. The van der Waals surface area contributed by atoms with Crippen LogP contribution in [0.1, 0.15) is 45.2 Å². The fourth-order valence-corrected chi connectivity index (χ4v) is 5.75. The Balaban J connectivity index is 1.32. The summed E-state index contributed by atoms with van der Waals surface area (Å²) in [6.45, 7) is 7.27. The molecule has 0 saturated carbocycles. The van der Waals surface area contributed by atoms with Crippen molar-refractivity contribution < 1.29 is 18.0 Å². The molecule has 1 aliphatic rings. The molecular formula is C29H34N4O4S. The lowest BCUT2D eigenvalue weighted by Crippen LogP contribution is -2.48. The van der Waals surface area contributed by atoms with Crippen LogP contribution >= 0.6 is 0 Å². The van der Waals surface area contributed by atoms with Gasteiger partial charge in [0, 0.05) is 44.8 Å². The van der Waals surface area contributed by atoms with E-state index >= 15 is 0 Å². The number of piperazine rings is 1. The van der Waals surface area contributed by atoms with Crippen LogP contribution in [-0.2, 0) is 16.6 Å². The Morgan fingerprint density at radius 2 is 1.50 bits per heavy atom. The number of aryl methyl sites for hydroxylation is 1. The van der Waals surface area contributed by atoms with Gasteiger partial charge in [0.1, 0.15) is 0 Å². The van der Waals surface area contributed by atoms with Crippen LogP contribution in [0.15, 0.2) is 77.7 Å². The standard InChI is InChI=1S/C29H34N4O4S/c1-3-16-30-29(35)26-6-4-5-7-27(26)31-28(34)24-12-10-23(11-13-24)21-32-17-19-33(20-18-32)38(36,37)25-14-8-22(2)9-15-25/h4-15H,3,16-21H2,1-2H3,(H,30,35)(H,31,34). The van der Waals surface area contributed by atoms with Gasteiger partial charge in [-0.15, -0.1) is 0 Å². The molecule has 2 amide bonds. The maximum Gasteiger partial charge on any atom is 0.255 e. The molecule has 1 saturated heterocycles. The summed E-state index contributed by atoms with van der Waals surface area (Å²) in [6, 6.07) is 21.3. The van der Waals surface area contributed by atoms with Crippen molar-refractivity contribution in [1.82, 2.24) is 14.5 Å². The number of benzene rings is 3. The Morgan fingerprint density at radius 1 is 0.842 bits per heavy atom. The molecule has 0 bridgehead atoms. The molecule has 2 N–H and O–H groups in total. The highest BCUT2D eigenvalue weighted by atomic mass is 32.2. The molecular weight excluding hydrogens is 500 g/mol. The summed E-state index contributed by atoms with van der Waals surface area (Å²) < 4.78 is 27.4. The predicted molar refractivity (Wildman–Crippen MR) is 149 cm³/mol. The van der Waals surface area contributed by atoms with Crippen LogP contribution in [0.5, 0.6) is 0 Å². The molecule has 1 aliphatic heterocycles. The summed E-state index contributed by atoms with van der Waals surface area (Å²) in [5.41, 5.74) is 3.45. The Kier molecular flexibility index (Phi) is 8.93. The number of anilines is 1. The number of amides is 2. The second-order valence-corrected chi connectivity index (χ2v) is 11.4. The van der Waals surface area contributed by atoms with Crippen LogP contribution in [-0.4, -0.2) is 62.2 Å². The van der Waals surface area contributed by atoms with Crippen molar-refractivity contribution in [1.29, 1.82) is 0 Å². The van der Waals surface area contributed by atoms with Crippen LogP contribution in [0.4, 0.5) is 5.69 Å². The number of nitrogens with one attached hydrogen (secondary N) is 2. The van der Waals surface area contributed by atoms with Crippen molar-refractivity contribution in [3.8, 4) is 0 Å². The lowest BCUT2D eigenvalue weighted by atomic mass is 10.1. The summed E-state index contributed by atoms with van der Waals surface area (Å²) in [5, 5.41) is 5.69. The molecule has 0 spiro atoms. The van der Waals surface area contributed by atoms with Gasteiger partial charge in [0.15, 0.2) is 0 Å². The van der Waals surface area contributed by atoms with Crippen molar-refractivity contribution in [2.45, 2.75) is 31.7 Å². The molecule has 3 aromatic rings. The third-order valence-corrected chi connectivity index (χ3v) is 8.48. The zero-order valence-electron chi connectivity index (χ0n) is 21.8. The number of carbonyl (C=O) groups excluding carboxylic acids is 2. The minimum Gasteiger partial charge on any atom is -0.352 e. The number of nitrogens with zero attached hydrogens (tertiary/aromatic N) is 2. The molecule has 0 atom stereocenters. The minimum atomic E-state index is -3.49. The van der Waals surface area contributed by atoms with Crippen molar-refractivity contribution in [2.24, 2.45) is 0 Å². The van der Waals surface area contributed by atoms with Crippen molar-refractivity contribution in [3.63, 3.8) is 0 Å². The highest BCUT2D eigenvalue weighted by Gasteiger charge is 2.28. The summed E-state index contributed by atoms with van der Waals surface area (Å²) in [7, 11) is -3.49. The Hall–Kier alpha value is -3.53. The monoisotopic (exact) mass is 534 g/mol.